The molecule has 1 aliphatic heterocycles. The van der Waals surface area contributed by atoms with E-state index in [1.807, 2.05) is 0 Å². The zero-order valence-corrected chi connectivity index (χ0v) is 10.4. The van der Waals surface area contributed by atoms with E-state index in [1.165, 1.54) is 36.3 Å². The smallest absolute Gasteiger partial charge is 0.0168 e. The van der Waals surface area contributed by atoms with Gasteiger partial charge in [0.25, 0.3) is 0 Å². The van der Waals surface area contributed by atoms with Crippen LogP contribution in [0.1, 0.15) is 30.7 Å². The summed E-state index contributed by atoms with van der Waals surface area (Å²) in [6.45, 7) is 0. The molecule has 0 aromatic heterocycles. The molecule has 1 heterocycles. The molecule has 2 aliphatic rings. The van der Waals surface area contributed by atoms with Crippen molar-refractivity contribution in [3.05, 3.63) is 35.9 Å². The third-order valence-corrected chi connectivity index (χ3v) is 4.97. The summed E-state index contributed by atoms with van der Waals surface area (Å²) in [6, 6.07) is 12.5. The van der Waals surface area contributed by atoms with Gasteiger partial charge >= 0.3 is 0 Å². The molecule has 16 heavy (non-hydrogen) atoms. The Labute approximate surface area is 102 Å². The van der Waals surface area contributed by atoms with Crippen LogP contribution >= 0.6 is 11.8 Å². The van der Waals surface area contributed by atoms with Crippen LogP contribution in [0, 0.1) is 0 Å². The van der Waals surface area contributed by atoms with Crippen molar-refractivity contribution in [2.24, 2.45) is 0 Å². The summed E-state index contributed by atoms with van der Waals surface area (Å²) in [6.07, 6.45) is 4.05. The lowest BCUT2D eigenvalue weighted by Gasteiger charge is -2.38. The van der Waals surface area contributed by atoms with Crippen molar-refractivity contribution in [1.82, 2.24) is 5.32 Å². The van der Waals surface area contributed by atoms with E-state index in [-0.39, 0.29) is 0 Å². The van der Waals surface area contributed by atoms with Gasteiger partial charge in [0.2, 0.25) is 0 Å². The normalized spacial score (nSPS) is 33.6. The molecule has 86 valence electrons. The van der Waals surface area contributed by atoms with Crippen molar-refractivity contribution in [1.29, 1.82) is 0 Å². The lowest BCUT2D eigenvalue weighted by Crippen LogP contribution is -2.45. The Morgan fingerprint density at radius 2 is 1.88 bits per heavy atom. The van der Waals surface area contributed by atoms with Crippen LogP contribution in [0.25, 0.3) is 0 Å². The summed E-state index contributed by atoms with van der Waals surface area (Å²) in [5.74, 6) is 3.49. The number of thioether (sulfide) groups is 1. The van der Waals surface area contributed by atoms with Crippen LogP contribution < -0.4 is 5.32 Å². The van der Waals surface area contributed by atoms with Crippen molar-refractivity contribution < 1.29 is 0 Å². The zero-order valence-electron chi connectivity index (χ0n) is 9.56. The summed E-state index contributed by atoms with van der Waals surface area (Å²) in [7, 11) is 0. The molecule has 0 radical (unpaired) electrons. The second-order valence-corrected chi connectivity index (χ2v) is 6.15. The van der Waals surface area contributed by atoms with E-state index in [0.717, 1.165) is 18.0 Å². The highest BCUT2D eigenvalue weighted by Crippen LogP contribution is 2.37. The van der Waals surface area contributed by atoms with E-state index in [4.69, 9.17) is 0 Å². The minimum atomic E-state index is 0.786. The topological polar surface area (TPSA) is 12.0 Å². The molecule has 2 heteroatoms. The van der Waals surface area contributed by atoms with Crippen molar-refractivity contribution in [3.63, 3.8) is 0 Å². The minimum absolute atomic E-state index is 0.786. The van der Waals surface area contributed by atoms with Gasteiger partial charge in [-0.3, -0.25) is 0 Å². The number of benzene rings is 1. The van der Waals surface area contributed by atoms with Gasteiger partial charge < -0.3 is 5.32 Å². The highest BCUT2D eigenvalue weighted by atomic mass is 32.2. The highest BCUT2D eigenvalue weighted by molar-refractivity contribution is 7.99. The average molecular weight is 233 g/mol. The van der Waals surface area contributed by atoms with Gasteiger partial charge in [0, 0.05) is 17.8 Å². The molecule has 0 amide bonds. The van der Waals surface area contributed by atoms with Crippen molar-refractivity contribution in [3.8, 4) is 0 Å². The Balaban J connectivity index is 1.47. The first-order chi connectivity index (χ1) is 7.92. The second-order valence-electron chi connectivity index (χ2n) is 5.00. The predicted molar refractivity (Wildman–Crippen MR) is 71.1 cm³/mol. The Hall–Kier alpha value is -0.470. The molecule has 1 saturated carbocycles. The van der Waals surface area contributed by atoms with Crippen LogP contribution in [-0.4, -0.2) is 23.6 Å². The Kier molecular flexibility index (Phi) is 3.20. The van der Waals surface area contributed by atoms with Gasteiger partial charge in [-0.1, -0.05) is 30.3 Å². The Bertz CT molecular complexity index is 326. The first-order valence-electron chi connectivity index (χ1n) is 6.30. The molecule has 1 saturated heterocycles. The Morgan fingerprint density at radius 3 is 2.56 bits per heavy atom. The van der Waals surface area contributed by atoms with Crippen LogP contribution in [0.15, 0.2) is 30.3 Å². The van der Waals surface area contributed by atoms with Crippen LogP contribution in [0.2, 0.25) is 0 Å². The fourth-order valence-corrected chi connectivity index (χ4v) is 3.92. The summed E-state index contributed by atoms with van der Waals surface area (Å²) in [5.41, 5.74) is 1.53. The van der Waals surface area contributed by atoms with Gasteiger partial charge in [-0.2, -0.15) is 11.8 Å². The molecule has 1 aromatic rings. The summed E-state index contributed by atoms with van der Waals surface area (Å²) >= 11 is 2.09. The SMILES string of the molecule is c1ccc(C2CC(NC3CCSC3)C2)cc1. The second kappa shape index (κ2) is 4.80. The molecular formula is C14H19NS. The molecule has 1 aliphatic carbocycles. The number of hydrogen-bond donors (Lipinski definition) is 1. The number of rotatable bonds is 3. The first kappa shape index (κ1) is 10.7. The van der Waals surface area contributed by atoms with Crippen LogP contribution in [0.4, 0.5) is 0 Å². The molecule has 1 aromatic carbocycles. The molecule has 1 unspecified atom stereocenters. The third kappa shape index (κ3) is 2.28. The quantitative estimate of drug-likeness (QED) is 0.861. The standard InChI is InChI=1S/C14H19NS/c1-2-4-11(5-3-1)12-8-14(9-12)15-13-6-7-16-10-13/h1-5,12-15H,6-10H2. The predicted octanol–water partition coefficient (Wildman–Crippen LogP) is 3.03. The molecule has 0 bridgehead atoms. The maximum Gasteiger partial charge on any atom is 0.0168 e. The molecular weight excluding hydrogens is 214 g/mol. The molecule has 1 N–H and O–H groups in total. The molecule has 2 fully saturated rings. The lowest BCUT2D eigenvalue weighted by atomic mass is 9.75. The number of nitrogens with one attached hydrogen (secondary N) is 1. The Morgan fingerprint density at radius 1 is 1.06 bits per heavy atom. The number of hydrogen-bond acceptors (Lipinski definition) is 2. The summed E-state index contributed by atoms with van der Waals surface area (Å²) in [5, 5.41) is 3.79. The highest BCUT2D eigenvalue weighted by Gasteiger charge is 2.32. The van der Waals surface area contributed by atoms with E-state index >= 15 is 0 Å². The van der Waals surface area contributed by atoms with Gasteiger partial charge in [0.15, 0.2) is 0 Å². The lowest BCUT2D eigenvalue weighted by molar-refractivity contribution is 0.271. The molecule has 3 rings (SSSR count). The van der Waals surface area contributed by atoms with Crippen molar-refractivity contribution in [2.45, 2.75) is 37.3 Å². The van der Waals surface area contributed by atoms with Crippen molar-refractivity contribution >= 4 is 11.8 Å². The van der Waals surface area contributed by atoms with Crippen LogP contribution in [-0.2, 0) is 0 Å². The maximum absolute atomic E-state index is 3.79. The van der Waals surface area contributed by atoms with E-state index in [2.05, 4.69) is 47.4 Å². The van der Waals surface area contributed by atoms with Crippen LogP contribution in [0.5, 0.6) is 0 Å². The maximum atomic E-state index is 3.79. The monoisotopic (exact) mass is 233 g/mol. The largest absolute Gasteiger partial charge is 0.310 e. The summed E-state index contributed by atoms with van der Waals surface area (Å²) < 4.78 is 0. The van der Waals surface area contributed by atoms with Crippen LogP contribution in [0.3, 0.4) is 0 Å². The van der Waals surface area contributed by atoms with E-state index in [9.17, 15) is 0 Å². The molecule has 1 nitrogen and oxygen atoms in total. The van der Waals surface area contributed by atoms with Gasteiger partial charge in [0.05, 0.1) is 0 Å². The minimum Gasteiger partial charge on any atom is -0.310 e. The molecule has 0 spiro atoms. The summed E-state index contributed by atoms with van der Waals surface area (Å²) in [4.78, 5) is 0. The first-order valence-corrected chi connectivity index (χ1v) is 7.46. The molecule has 1 atom stereocenters. The zero-order chi connectivity index (χ0) is 10.8. The fourth-order valence-electron chi connectivity index (χ4n) is 2.75. The van der Waals surface area contributed by atoms with Gasteiger partial charge in [-0.15, -0.1) is 0 Å². The van der Waals surface area contributed by atoms with E-state index < -0.39 is 0 Å². The van der Waals surface area contributed by atoms with E-state index in [0.29, 0.717) is 0 Å². The average Bonchev–Trinajstić information content (AvgIpc) is 2.77. The van der Waals surface area contributed by atoms with Crippen molar-refractivity contribution in [2.75, 3.05) is 11.5 Å². The van der Waals surface area contributed by atoms with Gasteiger partial charge in [-0.25, -0.2) is 0 Å². The fraction of sp³-hybridized carbons (Fsp3) is 0.571. The van der Waals surface area contributed by atoms with E-state index in [1.54, 1.807) is 0 Å². The third-order valence-electron chi connectivity index (χ3n) is 3.81. The van der Waals surface area contributed by atoms with Gasteiger partial charge in [-0.05, 0) is 36.5 Å². The van der Waals surface area contributed by atoms with Gasteiger partial charge in [0.1, 0.15) is 0 Å².